The Morgan fingerprint density at radius 1 is 1.09 bits per heavy atom. The van der Waals surface area contributed by atoms with Crippen molar-refractivity contribution in [2.24, 2.45) is 0 Å². The maximum atomic E-state index is 12.5. The van der Waals surface area contributed by atoms with Gasteiger partial charge in [-0.2, -0.15) is 0 Å². The van der Waals surface area contributed by atoms with Crippen molar-refractivity contribution in [3.8, 4) is 0 Å². The Bertz CT molecular complexity index is 896. The van der Waals surface area contributed by atoms with Crippen LogP contribution in [0, 0.1) is 0 Å². The number of rotatable bonds is 5. The minimum Gasteiger partial charge on any atom is -0.502 e. The van der Waals surface area contributed by atoms with E-state index < -0.39 is 32.4 Å². The second kappa shape index (κ2) is 6.27. The molecule has 3 N–H and O–H groups in total. The van der Waals surface area contributed by atoms with Gasteiger partial charge in [0.15, 0.2) is 5.78 Å². The molecule has 1 aromatic carbocycles. The van der Waals surface area contributed by atoms with Crippen LogP contribution < -0.4 is 0 Å². The van der Waals surface area contributed by atoms with Crippen molar-refractivity contribution in [2.75, 3.05) is 0 Å². The Labute approximate surface area is 135 Å². The lowest BCUT2D eigenvalue weighted by atomic mass is 10.2. The van der Waals surface area contributed by atoms with Gasteiger partial charge in [0.2, 0.25) is 15.6 Å². The normalized spacial score (nSPS) is 12.1. The molecule has 0 aliphatic rings. The van der Waals surface area contributed by atoms with Crippen LogP contribution in [0.5, 0.6) is 0 Å². The molecule has 0 saturated carbocycles. The van der Waals surface area contributed by atoms with E-state index in [1.807, 2.05) is 0 Å². The molecule has 2 aromatic rings. The molecule has 120 valence electrons. The number of benzene rings is 1. The molecule has 7 nitrogen and oxygen atoms in total. The van der Waals surface area contributed by atoms with Crippen LogP contribution in [0.2, 0.25) is 5.02 Å². The summed E-state index contributed by atoms with van der Waals surface area (Å²) >= 11 is 5.71. The molecule has 0 bridgehead atoms. The zero-order valence-corrected chi connectivity index (χ0v) is 12.9. The Balaban J connectivity index is 2.49. The van der Waals surface area contributed by atoms with Gasteiger partial charge in [0.1, 0.15) is 5.03 Å². The van der Waals surface area contributed by atoms with Crippen molar-refractivity contribution < 1.29 is 28.2 Å². The summed E-state index contributed by atoms with van der Waals surface area (Å²) in [6, 6.07) is 6.50. The molecular weight excluding hydrogens is 346 g/mol. The number of aliphatic hydroxyl groups excluding tert-OH is 1. The monoisotopic (exact) mass is 355 g/mol. The van der Waals surface area contributed by atoms with E-state index in [0.29, 0.717) is 11.1 Å². The third-order valence-electron chi connectivity index (χ3n) is 2.85. The lowest BCUT2D eigenvalue weighted by Crippen LogP contribution is -2.09. The van der Waals surface area contributed by atoms with Crippen LogP contribution in [-0.4, -0.2) is 35.4 Å². The van der Waals surface area contributed by atoms with Crippen molar-refractivity contribution in [1.82, 2.24) is 4.98 Å². The molecule has 0 aliphatic carbocycles. The van der Waals surface area contributed by atoms with E-state index in [1.165, 1.54) is 36.5 Å². The van der Waals surface area contributed by atoms with Crippen LogP contribution in [0.25, 0.3) is 0 Å². The van der Waals surface area contributed by atoms with Gasteiger partial charge in [-0.25, -0.2) is 13.2 Å². The molecular formula is C14H10ClNO6S. The molecule has 0 fully saturated rings. The van der Waals surface area contributed by atoms with Crippen LogP contribution in [0.3, 0.4) is 0 Å². The lowest BCUT2D eigenvalue weighted by Gasteiger charge is -2.05. The third kappa shape index (κ3) is 3.43. The molecule has 1 aromatic heterocycles. The molecule has 0 radical (unpaired) electrons. The van der Waals surface area contributed by atoms with Gasteiger partial charge in [-0.05, 0) is 30.3 Å². The van der Waals surface area contributed by atoms with Crippen LogP contribution in [0.1, 0.15) is 10.4 Å². The van der Waals surface area contributed by atoms with Gasteiger partial charge in [-0.1, -0.05) is 11.6 Å². The molecule has 0 unspecified atom stereocenters. The van der Waals surface area contributed by atoms with Gasteiger partial charge >= 0.3 is 5.97 Å². The van der Waals surface area contributed by atoms with Gasteiger partial charge in [0.25, 0.3) is 0 Å². The average Bonchev–Trinajstić information content (AvgIpc) is 2.97. The highest BCUT2D eigenvalue weighted by atomic mass is 35.5. The highest BCUT2D eigenvalue weighted by Gasteiger charge is 2.25. The van der Waals surface area contributed by atoms with Gasteiger partial charge in [0, 0.05) is 17.3 Å². The lowest BCUT2D eigenvalue weighted by molar-refractivity contribution is -0.135. The summed E-state index contributed by atoms with van der Waals surface area (Å²) in [5.74, 6) is -3.85. The number of hydrogen-bond donors (Lipinski definition) is 3. The summed E-state index contributed by atoms with van der Waals surface area (Å²) in [7, 11) is -4.04. The van der Waals surface area contributed by atoms with Crippen molar-refractivity contribution in [2.45, 2.75) is 9.92 Å². The molecule has 0 aliphatic heterocycles. The van der Waals surface area contributed by atoms with E-state index in [4.69, 9.17) is 21.8 Å². The number of nitrogens with one attached hydrogen (secondary N) is 1. The second-order valence-electron chi connectivity index (χ2n) is 4.38. The minimum atomic E-state index is -4.04. The summed E-state index contributed by atoms with van der Waals surface area (Å²) < 4.78 is 25.1. The van der Waals surface area contributed by atoms with E-state index in [9.17, 15) is 18.0 Å². The highest BCUT2D eigenvalue weighted by molar-refractivity contribution is 7.91. The number of sulfone groups is 1. The first-order chi connectivity index (χ1) is 10.7. The average molecular weight is 356 g/mol. The topological polar surface area (TPSA) is 125 Å². The quantitative estimate of drug-likeness (QED) is 0.429. The third-order valence-corrected chi connectivity index (χ3v) is 4.87. The Morgan fingerprint density at radius 3 is 2.26 bits per heavy atom. The van der Waals surface area contributed by atoms with Crippen LogP contribution in [0.15, 0.2) is 58.3 Å². The molecule has 0 spiro atoms. The molecule has 0 saturated heterocycles. The zero-order chi connectivity index (χ0) is 17.2. The molecule has 9 heteroatoms. The smallest absolute Gasteiger partial charge is 0.371 e. The van der Waals surface area contributed by atoms with E-state index in [-0.39, 0.29) is 10.5 Å². The number of carbonyl (C=O) groups excluding carboxylic acids is 1. The number of H-pyrrole nitrogens is 1. The number of hydrogen-bond acceptors (Lipinski definition) is 5. The first kappa shape index (κ1) is 16.8. The highest BCUT2D eigenvalue weighted by Crippen LogP contribution is 2.24. The number of ketones is 1. The van der Waals surface area contributed by atoms with Crippen molar-refractivity contribution >= 4 is 33.2 Å². The number of halogens is 1. The Hall–Kier alpha value is -2.58. The fraction of sp³-hybridized carbons (Fsp3) is 0. The zero-order valence-electron chi connectivity index (χ0n) is 11.4. The summed E-state index contributed by atoms with van der Waals surface area (Å²) in [5, 5.41) is 17.6. The van der Waals surface area contributed by atoms with Crippen molar-refractivity contribution in [3.63, 3.8) is 0 Å². The van der Waals surface area contributed by atoms with Gasteiger partial charge < -0.3 is 15.2 Å². The first-order valence-electron chi connectivity index (χ1n) is 6.10. The number of aromatic nitrogens is 1. The van der Waals surface area contributed by atoms with Gasteiger partial charge in [0.05, 0.1) is 10.5 Å². The van der Waals surface area contributed by atoms with Gasteiger partial charge in [-0.3, -0.25) is 4.79 Å². The maximum absolute atomic E-state index is 12.5. The van der Waals surface area contributed by atoms with E-state index in [0.717, 1.165) is 0 Å². The number of carbonyl (C=O) groups is 2. The predicted molar refractivity (Wildman–Crippen MR) is 80.4 cm³/mol. The molecule has 0 amide bonds. The number of aliphatic carboxylic acids is 1. The van der Waals surface area contributed by atoms with Crippen molar-refractivity contribution in [1.29, 1.82) is 0 Å². The summed E-state index contributed by atoms with van der Waals surface area (Å²) in [6.07, 6.45) is 1.66. The summed E-state index contributed by atoms with van der Waals surface area (Å²) in [5.41, 5.74) is -0.284. The van der Waals surface area contributed by atoms with Crippen LogP contribution in [-0.2, 0) is 14.6 Å². The van der Waals surface area contributed by atoms with Crippen LogP contribution >= 0.6 is 11.6 Å². The minimum absolute atomic E-state index is 0.0927. The predicted octanol–water partition coefficient (Wildman–Crippen LogP) is 2.21. The first-order valence-corrected chi connectivity index (χ1v) is 7.96. The molecule has 2 rings (SSSR count). The molecule has 0 atom stereocenters. The van der Waals surface area contributed by atoms with E-state index in [2.05, 4.69) is 4.98 Å². The fourth-order valence-electron chi connectivity index (χ4n) is 1.77. The Morgan fingerprint density at radius 2 is 1.70 bits per heavy atom. The Kier molecular flexibility index (Phi) is 4.57. The molecule has 23 heavy (non-hydrogen) atoms. The SMILES string of the molecule is O=C(O)/C(O)=C/C(=O)c1cc[nH]c1S(=O)(=O)c1ccc(Cl)cc1. The van der Waals surface area contributed by atoms with E-state index >= 15 is 0 Å². The second-order valence-corrected chi connectivity index (χ2v) is 6.70. The molecule has 1 heterocycles. The number of aromatic amines is 1. The van der Waals surface area contributed by atoms with E-state index in [1.54, 1.807) is 0 Å². The largest absolute Gasteiger partial charge is 0.502 e. The van der Waals surface area contributed by atoms with Crippen molar-refractivity contribution in [3.05, 3.63) is 58.9 Å². The summed E-state index contributed by atoms with van der Waals surface area (Å²) in [4.78, 5) is 24.8. The summed E-state index contributed by atoms with van der Waals surface area (Å²) in [6.45, 7) is 0. The number of carboxylic acid groups (broad SMARTS) is 1. The maximum Gasteiger partial charge on any atom is 0.371 e. The van der Waals surface area contributed by atoms with Gasteiger partial charge in [-0.15, -0.1) is 0 Å². The number of allylic oxidation sites excluding steroid dienone is 1. The number of carboxylic acids is 1. The fourth-order valence-corrected chi connectivity index (χ4v) is 3.30. The van der Waals surface area contributed by atoms with Crippen LogP contribution in [0.4, 0.5) is 0 Å². The number of aliphatic hydroxyl groups is 1. The standard InChI is InChI=1S/C14H10ClNO6S/c15-8-1-3-9(4-2-8)23(21,22)13-10(5-6-16-13)11(17)7-12(18)14(19)20/h1-7,16,18H,(H,19,20)/b12-7-.